The summed E-state index contributed by atoms with van der Waals surface area (Å²) in [5.41, 5.74) is 0. The summed E-state index contributed by atoms with van der Waals surface area (Å²) in [5, 5.41) is 8.76. The maximum Gasteiger partial charge on any atom is 0.0464 e. The van der Waals surface area contributed by atoms with Gasteiger partial charge in [0.1, 0.15) is 0 Å². The van der Waals surface area contributed by atoms with Crippen LogP contribution in [0.1, 0.15) is 20.3 Å². The second-order valence-corrected chi connectivity index (χ2v) is 5.46. The molecule has 0 rings (SSSR count). The standard InChI is InChI=1S/C9H20OS2/c1-3-11-5-4-6-12-8-9(2)7-10/h9-10H,3-8H2,1-2H3. The summed E-state index contributed by atoms with van der Waals surface area (Å²) in [6.07, 6.45) is 1.31. The summed E-state index contributed by atoms with van der Waals surface area (Å²) in [4.78, 5) is 0. The lowest BCUT2D eigenvalue weighted by Gasteiger charge is -2.06. The van der Waals surface area contributed by atoms with Gasteiger partial charge in [0.2, 0.25) is 0 Å². The first-order valence-electron chi connectivity index (χ1n) is 4.57. The van der Waals surface area contributed by atoms with Crippen LogP contribution >= 0.6 is 23.5 Å². The minimum atomic E-state index is 0.330. The van der Waals surface area contributed by atoms with Crippen LogP contribution < -0.4 is 0 Å². The summed E-state index contributed by atoms with van der Waals surface area (Å²) in [5.74, 6) is 5.34. The topological polar surface area (TPSA) is 20.2 Å². The Morgan fingerprint density at radius 2 is 1.92 bits per heavy atom. The number of thioether (sulfide) groups is 2. The van der Waals surface area contributed by atoms with E-state index < -0.39 is 0 Å². The molecule has 1 atom stereocenters. The van der Waals surface area contributed by atoms with Crippen molar-refractivity contribution in [2.75, 3.05) is 29.6 Å². The lowest BCUT2D eigenvalue weighted by Crippen LogP contribution is -2.03. The Balaban J connectivity index is 2.90. The van der Waals surface area contributed by atoms with Crippen LogP contribution in [0.15, 0.2) is 0 Å². The molecular formula is C9H20OS2. The van der Waals surface area contributed by atoms with Gasteiger partial charge in [0, 0.05) is 6.61 Å². The van der Waals surface area contributed by atoms with Crippen molar-refractivity contribution in [3.8, 4) is 0 Å². The van der Waals surface area contributed by atoms with Crippen molar-refractivity contribution >= 4 is 23.5 Å². The summed E-state index contributed by atoms with van der Waals surface area (Å²) in [6.45, 7) is 4.62. The molecule has 0 saturated carbocycles. The zero-order valence-corrected chi connectivity index (χ0v) is 9.72. The Morgan fingerprint density at radius 1 is 1.25 bits per heavy atom. The Kier molecular flexibility index (Phi) is 10.3. The van der Waals surface area contributed by atoms with Gasteiger partial charge in [0.25, 0.3) is 0 Å². The maximum atomic E-state index is 8.76. The minimum absolute atomic E-state index is 0.330. The van der Waals surface area contributed by atoms with Gasteiger partial charge in [-0.3, -0.25) is 0 Å². The lowest BCUT2D eigenvalue weighted by atomic mass is 10.2. The molecule has 1 nitrogen and oxygen atoms in total. The van der Waals surface area contributed by atoms with E-state index in [-0.39, 0.29) is 0 Å². The van der Waals surface area contributed by atoms with E-state index in [4.69, 9.17) is 5.11 Å². The first-order chi connectivity index (χ1) is 5.81. The Hall–Kier alpha value is 0.660. The zero-order chi connectivity index (χ0) is 9.23. The molecule has 0 aliphatic carbocycles. The SMILES string of the molecule is CCSCCCSCC(C)CO. The molecule has 0 spiro atoms. The highest BCUT2D eigenvalue weighted by Gasteiger charge is 1.98. The summed E-state index contributed by atoms with van der Waals surface area (Å²) in [6, 6.07) is 0. The van der Waals surface area contributed by atoms with Crippen molar-refractivity contribution in [3.63, 3.8) is 0 Å². The molecular weight excluding hydrogens is 188 g/mol. The van der Waals surface area contributed by atoms with E-state index in [1.807, 2.05) is 23.5 Å². The molecule has 0 amide bonds. The molecule has 0 aromatic rings. The summed E-state index contributed by atoms with van der Waals surface area (Å²) >= 11 is 3.97. The van der Waals surface area contributed by atoms with E-state index in [9.17, 15) is 0 Å². The van der Waals surface area contributed by atoms with Gasteiger partial charge in [0.15, 0.2) is 0 Å². The second-order valence-electron chi connectivity index (χ2n) is 2.91. The number of hydrogen-bond acceptors (Lipinski definition) is 3. The van der Waals surface area contributed by atoms with Crippen LogP contribution in [0.5, 0.6) is 0 Å². The van der Waals surface area contributed by atoms with Crippen molar-refractivity contribution in [2.24, 2.45) is 5.92 Å². The van der Waals surface area contributed by atoms with Gasteiger partial charge in [-0.2, -0.15) is 23.5 Å². The van der Waals surface area contributed by atoms with Crippen molar-refractivity contribution in [1.29, 1.82) is 0 Å². The molecule has 74 valence electrons. The number of hydrogen-bond donors (Lipinski definition) is 1. The predicted octanol–water partition coefficient (Wildman–Crippen LogP) is 2.49. The van der Waals surface area contributed by atoms with Crippen molar-refractivity contribution in [1.82, 2.24) is 0 Å². The highest BCUT2D eigenvalue weighted by atomic mass is 32.2. The number of aliphatic hydroxyl groups is 1. The molecule has 0 aromatic carbocycles. The molecule has 0 aliphatic rings. The maximum absolute atomic E-state index is 8.76. The minimum Gasteiger partial charge on any atom is -0.396 e. The predicted molar refractivity (Wildman–Crippen MR) is 61.2 cm³/mol. The lowest BCUT2D eigenvalue weighted by molar-refractivity contribution is 0.250. The molecule has 1 unspecified atom stereocenters. The quantitative estimate of drug-likeness (QED) is 0.619. The highest BCUT2D eigenvalue weighted by Crippen LogP contribution is 2.11. The molecule has 0 fully saturated rings. The average Bonchev–Trinajstić information content (AvgIpc) is 2.10. The first kappa shape index (κ1) is 12.7. The molecule has 0 radical (unpaired) electrons. The Bertz CT molecular complexity index is 88.6. The van der Waals surface area contributed by atoms with Crippen molar-refractivity contribution < 1.29 is 5.11 Å². The van der Waals surface area contributed by atoms with Crippen LogP contribution in [0, 0.1) is 5.92 Å². The third kappa shape index (κ3) is 8.75. The van der Waals surface area contributed by atoms with Crippen molar-refractivity contribution in [3.05, 3.63) is 0 Å². The van der Waals surface area contributed by atoms with Gasteiger partial charge in [-0.25, -0.2) is 0 Å². The summed E-state index contributed by atoms with van der Waals surface area (Å²) in [7, 11) is 0. The van der Waals surface area contributed by atoms with Crippen LogP contribution in [-0.4, -0.2) is 34.7 Å². The fourth-order valence-corrected chi connectivity index (χ4v) is 2.59. The molecule has 1 N–H and O–H groups in total. The Morgan fingerprint density at radius 3 is 2.50 bits per heavy atom. The highest BCUT2D eigenvalue weighted by molar-refractivity contribution is 8.00. The van der Waals surface area contributed by atoms with E-state index in [2.05, 4.69) is 13.8 Å². The fourth-order valence-electron chi connectivity index (χ4n) is 0.745. The molecule has 3 heteroatoms. The number of aliphatic hydroxyl groups excluding tert-OH is 1. The van der Waals surface area contributed by atoms with E-state index in [1.165, 1.54) is 23.7 Å². The van der Waals surface area contributed by atoms with Gasteiger partial charge in [0.05, 0.1) is 0 Å². The zero-order valence-electron chi connectivity index (χ0n) is 8.08. The fraction of sp³-hybridized carbons (Fsp3) is 1.00. The largest absolute Gasteiger partial charge is 0.396 e. The monoisotopic (exact) mass is 208 g/mol. The normalized spacial score (nSPS) is 13.2. The third-order valence-corrected chi connectivity index (χ3v) is 3.86. The van der Waals surface area contributed by atoms with Crippen LogP contribution in [0.2, 0.25) is 0 Å². The van der Waals surface area contributed by atoms with Gasteiger partial charge < -0.3 is 5.11 Å². The van der Waals surface area contributed by atoms with Crippen molar-refractivity contribution in [2.45, 2.75) is 20.3 Å². The Labute approximate surface area is 84.7 Å². The average molecular weight is 208 g/mol. The van der Waals surface area contributed by atoms with Gasteiger partial charge >= 0.3 is 0 Å². The van der Waals surface area contributed by atoms with Crippen LogP contribution in [-0.2, 0) is 0 Å². The molecule has 0 saturated heterocycles. The third-order valence-electron chi connectivity index (χ3n) is 1.50. The number of rotatable bonds is 8. The van der Waals surface area contributed by atoms with E-state index in [1.54, 1.807) is 0 Å². The molecule has 0 bridgehead atoms. The molecule has 12 heavy (non-hydrogen) atoms. The van der Waals surface area contributed by atoms with E-state index >= 15 is 0 Å². The van der Waals surface area contributed by atoms with Crippen LogP contribution in [0.4, 0.5) is 0 Å². The molecule has 0 aliphatic heterocycles. The van der Waals surface area contributed by atoms with Crippen LogP contribution in [0.3, 0.4) is 0 Å². The van der Waals surface area contributed by atoms with Gasteiger partial charge in [-0.1, -0.05) is 13.8 Å². The molecule has 0 aromatic heterocycles. The summed E-state index contributed by atoms with van der Waals surface area (Å²) < 4.78 is 0. The van der Waals surface area contributed by atoms with Gasteiger partial charge in [-0.15, -0.1) is 0 Å². The van der Waals surface area contributed by atoms with E-state index in [0.717, 1.165) is 5.75 Å². The van der Waals surface area contributed by atoms with E-state index in [0.29, 0.717) is 12.5 Å². The smallest absolute Gasteiger partial charge is 0.0464 e. The second kappa shape index (κ2) is 9.75. The first-order valence-corrected chi connectivity index (χ1v) is 6.88. The van der Waals surface area contributed by atoms with Crippen LogP contribution in [0.25, 0.3) is 0 Å². The van der Waals surface area contributed by atoms with Gasteiger partial charge in [-0.05, 0) is 35.4 Å². The molecule has 0 heterocycles.